The van der Waals surface area contributed by atoms with Crippen LogP contribution in [0.3, 0.4) is 0 Å². The topological polar surface area (TPSA) is 82.1 Å². The van der Waals surface area contributed by atoms with Gasteiger partial charge >= 0.3 is 0 Å². The van der Waals surface area contributed by atoms with Gasteiger partial charge in [0.25, 0.3) is 0 Å². The Morgan fingerprint density at radius 2 is 1.84 bits per heavy atom. The van der Waals surface area contributed by atoms with Crippen LogP contribution in [0.5, 0.6) is 0 Å². The number of dihydropyridines is 1. The number of rotatable bonds is 3. The van der Waals surface area contributed by atoms with Crippen molar-refractivity contribution in [1.29, 1.82) is 0 Å². The number of nitrogens with one attached hydrogen (secondary N) is 3. The Morgan fingerprint density at radius 1 is 1.12 bits per heavy atom. The first-order valence-corrected chi connectivity index (χ1v) is 8.41. The van der Waals surface area contributed by atoms with Crippen molar-refractivity contribution in [3.05, 3.63) is 59.6 Å². The highest BCUT2D eigenvalue weighted by molar-refractivity contribution is 5.74. The number of benzene rings is 1. The molecular weight excluding hydrogens is 321 g/mol. The average molecular weight is 343 g/mol. The summed E-state index contributed by atoms with van der Waals surface area (Å²) in [7, 11) is 0. The minimum Gasteiger partial charge on any atom is -0.506 e. The molecule has 0 saturated carbocycles. The first-order chi connectivity index (χ1) is 12.2. The van der Waals surface area contributed by atoms with E-state index in [0.717, 1.165) is 0 Å². The smallest absolute Gasteiger partial charge is 0.137 e. The summed E-state index contributed by atoms with van der Waals surface area (Å²) in [5, 5.41) is 18.8. The van der Waals surface area contributed by atoms with Crippen LogP contribution in [0.2, 0.25) is 0 Å². The molecule has 1 fully saturated rings. The molecule has 0 spiro atoms. The molecule has 1 aromatic carbocycles. The molecule has 3 heterocycles. The number of halogens is 1. The van der Waals surface area contributed by atoms with E-state index in [-0.39, 0.29) is 18.1 Å². The fourth-order valence-electron chi connectivity index (χ4n) is 2.62. The van der Waals surface area contributed by atoms with Gasteiger partial charge in [0.1, 0.15) is 11.6 Å². The molecule has 7 heteroatoms. The number of fused-ring (bicyclic) bond motifs is 1. The zero-order chi connectivity index (χ0) is 17.5. The average Bonchev–Trinajstić information content (AvgIpc) is 3.21. The lowest BCUT2D eigenvalue weighted by Gasteiger charge is -2.15. The maximum absolute atomic E-state index is 14.0. The largest absolute Gasteiger partial charge is 0.506 e. The summed E-state index contributed by atoms with van der Waals surface area (Å²) in [6, 6.07) is 3.02. The van der Waals surface area contributed by atoms with Gasteiger partial charge in [-0.1, -0.05) is 0 Å². The maximum atomic E-state index is 14.0. The van der Waals surface area contributed by atoms with Gasteiger partial charge in [-0.15, -0.1) is 0 Å². The lowest BCUT2D eigenvalue weighted by atomic mass is 10.1. The van der Waals surface area contributed by atoms with Crippen LogP contribution in [-0.4, -0.2) is 34.7 Å². The van der Waals surface area contributed by atoms with Gasteiger partial charge in [-0.3, -0.25) is 9.97 Å². The van der Waals surface area contributed by atoms with Crippen molar-refractivity contribution in [3.8, 4) is 0 Å². The van der Waals surface area contributed by atoms with E-state index in [1.807, 2.05) is 0 Å². The third-order valence-electron chi connectivity index (χ3n) is 4.00. The number of hydrogen-bond acceptors (Lipinski definition) is 6. The predicted molar refractivity (Wildman–Crippen MR) is 95.2 cm³/mol. The fourth-order valence-corrected chi connectivity index (χ4v) is 2.62. The Balaban J connectivity index is 0.000000314. The van der Waals surface area contributed by atoms with Crippen molar-refractivity contribution in [2.24, 2.45) is 0 Å². The van der Waals surface area contributed by atoms with E-state index in [1.165, 1.54) is 38.2 Å². The Bertz CT molecular complexity index is 779. The first kappa shape index (κ1) is 17.2. The van der Waals surface area contributed by atoms with Crippen LogP contribution in [0.15, 0.2) is 48.3 Å². The normalized spacial score (nSPS) is 16.4. The minimum absolute atomic E-state index is 0.157. The van der Waals surface area contributed by atoms with Gasteiger partial charge in [0, 0.05) is 43.3 Å². The van der Waals surface area contributed by atoms with Crippen molar-refractivity contribution in [2.45, 2.75) is 19.4 Å². The van der Waals surface area contributed by atoms with Gasteiger partial charge < -0.3 is 21.1 Å². The van der Waals surface area contributed by atoms with Crippen molar-refractivity contribution >= 4 is 11.0 Å². The molecule has 0 atom stereocenters. The molecular formula is C18H22FN5O. The van der Waals surface area contributed by atoms with E-state index in [4.69, 9.17) is 0 Å². The Kier molecular flexibility index (Phi) is 5.79. The van der Waals surface area contributed by atoms with Crippen LogP contribution < -0.4 is 16.0 Å². The summed E-state index contributed by atoms with van der Waals surface area (Å²) < 4.78 is 14.0. The second-order valence-corrected chi connectivity index (χ2v) is 5.85. The highest BCUT2D eigenvalue weighted by Gasteiger charge is 2.10. The zero-order valence-electron chi connectivity index (χ0n) is 13.9. The summed E-state index contributed by atoms with van der Waals surface area (Å²) in [4.78, 5) is 8.20. The second-order valence-electron chi connectivity index (χ2n) is 5.85. The maximum Gasteiger partial charge on any atom is 0.137 e. The minimum atomic E-state index is -0.349. The molecule has 132 valence electrons. The highest BCUT2D eigenvalue weighted by Crippen LogP contribution is 2.16. The van der Waals surface area contributed by atoms with Crippen LogP contribution in [0.4, 0.5) is 4.39 Å². The summed E-state index contributed by atoms with van der Waals surface area (Å²) >= 11 is 0. The van der Waals surface area contributed by atoms with Crippen LogP contribution >= 0.6 is 0 Å². The standard InChI is InChI=1S/C14H13FN4O.C4H9N/c15-10-6-12-11(17-3-4-18-12)5-9(10)7-19-13-8-16-2-1-14(13)20;1-2-4-5-3-1/h1,3-6,8,16,19-20H,2,7H2;5H,1-4H2. The molecule has 1 aromatic heterocycles. The number of aliphatic hydroxyl groups excluding tert-OH is 1. The van der Waals surface area contributed by atoms with Crippen molar-refractivity contribution < 1.29 is 9.50 Å². The van der Waals surface area contributed by atoms with E-state index < -0.39 is 0 Å². The summed E-state index contributed by atoms with van der Waals surface area (Å²) in [5.74, 6) is -0.192. The molecule has 4 N–H and O–H groups in total. The Morgan fingerprint density at radius 3 is 2.48 bits per heavy atom. The third-order valence-corrected chi connectivity index (χ3v) is 4.00. The molecule has 0 unspecified atom stereocenters. The van der Waals surface area contributed by atoms with Crippen LogP contribution in [0, 0.1) is 5.82 Å². The summed E-state index contributed by atoms with van der Waals surface area (Å²) in [5.41, 5.74) is 2.17. The van der Waals surface area contributed by atoms with Gasteiger partial charge in [-0.05, 0) is 38.1 Å². The Hall–Kier alpha value is -2.67. The van der Waals surface area contributed by atoms with E-state index in [9.17, 15) is 9.50 Å². The molecule has 0 bridgehead atoms. The van der Waals surface area contributed by atoms with E-state index in [0.29, 0.717) is 28.8 Å². The summed E-state index contributed by atoms with van der Waals surface area (Å²) in [6.07, 6.45) is 9.18. The van der Waals surface area contributed by atoms with Crippen LogP contribution in [0.25, 0.3) is 11.0 Å². The van der Waals surface area contributed by atoms with Crippen LogP contribution in [0.1, 0.15) is 18.4 Å². The number of hydrogen-bond donors (Lipinski definition) is 4. The molecule has 4 rings (SSSR count). The van der Waals surface area contributed by atoms with E-state index in [2.05, 4.69) is 25.9 Å². The Labute approximate surface area is 145 Å². The van der Waals surface area contributed by atoms with Crippen molar-refractivity contribution in [2.75, 3.05) is 19.6 Å². The molecule has 0 aliphatic carbocycles. The quantitative estimate of drug-likeness (QED) is 0.683. The van der Waals surface area contributed by atoms with Gasteiger partial charge in [-0.25, -0.2) is 4.39 Å². The van der Waals surface area contributed by atoms with Crippen molar-refractivity contribution in [3.63, 3.8) is 0 Å². The fraction of sp³-hybridized carbons (Fsp3) is 0.333. The van der Waals surface area contributed by atoms with Crippen molar-refractivity contribution in [1.82, 2.24) is 25.9 Å². The van der Waals surface area contributed by atoms with Gasteiger partial charge in [-0.2, -0.15) is 0 Å². The second kappa shape index (κ2) is 8.43. The SMILES string of the molecule is C1CCNC1.OC1=CCNC=C1NCc1cc2nccnc2cc1F. The first-order valence-electron chi connectivity index (χ1n) is 8.41. The van der Waals surface area contributed by atoms with E-state index >= 15 is 0 Å². The van der Waals surface area contributed by atoms with Gasteiger partial charge in [0.15, 0.2) is 0 Å². The molecule has 2 aromatic rings. The molecule has 6 nitrogen and oxygen atoms in total. The molecule has 0 amide bonds. The molecule has 1 saturated heterocycles. The molecule has 0 radical (unpaired) electrons. The van der Waals surface area contributed by atoms with Crippen LogP contribution in [-0.2, 0) is 6.54 Å². The number of aliphatic hydroxyl groups is 1. The predicted octanol–water partition coefficient (Wildman–Crippen LogP) is 2.11. The number of aromatic nitrogens is 2. The zero-order valence-corrected chi connectivity index (χ0v) is 13.9. The molecule has 2 aliphatic rings. The molecule has 2 aliphatic heterocycles. The summed E-state index contributed by atoms with van der Waals surface area (Å²) in [6.45, 7) is 3.33. The van der Waals surface area contributed by atoms with E-state index in [1.54, 1.807) is 24.5 Å². The number of nitrogens with zero attached hydrogens (tertiary/aromatic N) is 2. The molecule has 25 heavy (non-hydrogen) atoms. The van der Waals surface area contributed by atoms with Gasteiger partial charge in [0.2, 0.25) is 0 Å². The lowest BCUT2D eigenvalue weighted by Crippen LogP contribution is -2.22. The van der Waals surface area contributed by atoms with Gasteiger partial charge in [0.05, 0.1) is 16.7 Å². The highest BCUT2D eigenvalue weighted by atomic mass is 19.1. The monoisotopic (exact) mass is 343 g/mol. The third kappa shape index (κ3) is 4.67. The lowest BCUT2D eigenvalue weighted by molar-refractivity contribution is 0.406.